The Morgan fingerprint density at radius 1 is 1.00 bits per heavy atom. The number of hydrogen-bond acceptors (Lipinski definition) is 4. The Labute approximate surface area is 103 Å². The van der Waals surface area contributed by atoms with E-state index in [-0.39, 0.29) is 11.9 Å². The Balaban J connectivity index is 1.57. The minimum Gasteiger partial charge on any atom is -0.391 e. The van der Waals surface area contributed by atoms with Gasteiger partial charge in [-0.2, -0.15) is 0 Å². The first-order valence-corrected chi connectivity index (χ1v) is 6.99. The molecular formula is C13H23NO3. The van der Waals surface area contributed by atoms with Crippen molar-refractivity contribution in [2.45, 2.75) is 56.5 Å². The van der Waals surface area contributed by atoms with Crippen molar-refractivity contribution in [3.05, 3.63) is 0 Å². The minimum absolute atomic E-state index is 0.122. The molecule has 4 heteroatoms. The SMILES string of the molecule is O[C@H]1CCCC[C@@H]1N1CCC2(CC1)OCCO2. The highest BCUT2D eigenvalue weighted by atomic mass is 16.7. The molecule has 1 saturated carbocycles. The highest BCUT2D eigenvalue weighted by Crippen LogP contribution is 2.34. The standard InChI is InChI=1S/C13H23NO3/c15-12-4-2-1-3-11(12)14-7-5-13(6-8-14)16-9-10-17-13/h11-12,15H,1-10H2/t11-,12-/m0/s1. The predicted octanol–water partition coefficient (Wildman–Crippen LogP) is 1.13. The number of likely N-dealkylation sites (tertiary alicyclic amines) is 1. The first-order valence-electron chi connectivity index (χ1n) is 6.99. The first-order chi connectivity index (χ1) is 8.29. The van der Waals surface area contributed by atoms with Gasteiger partial charge in [0.15, 0.2) is 5.79 Å². The maximum Gasteiger partial charge on any atom is 0.170 e. The monoisotopic (exact) mass is 241 g/mol. The molecule has 1 aliphatic carbocycles. The first kappa shape index (κ1) is 11.9. The molecule has 2 heterocycles. The van der Waals surface area contributed by atoms with Crippen LogP contribution in [0.5, 0.6) is 0 Å². The van der Waals surface area contributed by atoms with Crippen LogP contribution in [0.2, 0.25) is 0 Å². The summed E-state index contributed by atoms with van der Waals surface area (Å²) in [6.45, 7) is 3.49. The Morgan fingerprint density at radius 2 is 1.65 bits per heavy atom. The molecule has 3 fully saturated rings. The van der Waals surface area contributed by atoms with E-state index in [0.29, 0.717) is 6.04 Å². The van der Waals surface area contributed by atoms with Gasteiger partial charge in [-0.05, 0) is 12.8 Å². The number of piperidine rings is 1. The summed E-state index contributed by atoms with van der Waals surface area (Å²) in [6, 6.07) is 0.377. The Bertz CT molecular complexity index is 255. The van der Waals surface area contributed by atoms with E-state index in [1.54, 1.807) is 0 Å². The van der Waals surface area contributed by atoms with Crippen molar-refractivity contribution in [1.29, 1.82) is 0 Å². The van der Waals surface area contributed by atoms with Crippen molar-refractivity contribution in [1.82, 2.24) is 4.90 Å². The van der Waals surface area contributed by atoms with E-state index in [4.69, 9.17) is 9.47 Å². The van der Waals surface area contributed by atoms with Gasteiger partial charge in [-0.25, -0.2) is 0 Å². The maximum absolute atomic E-state index is 10.1. The number of aliphatic hydroxyl groups is 1. The third kappa shape index (κ3) is 2.36. The molecule has 0 unspecified atom stereocenters. The summed E-state index contributed by atoms with van der Waals surface area (Å²) in [4.78, 5) is 2.44. The van der Waals surface area contributed by atoms with E-state index in [0.717, 1.165) is 52.0 Å². The highest BCUT2D eigenvalue weighted by Gasteiger charge is 2.42. The molecule has 0 aromatic rings. The van der Waals surface area contributed by atoms with Gasteiger partial charge in [0.1, 0.15) is 0 Å². The van der Waals surface area contributed by atoms with Gasteiger partial charge in [0, 0.05) is 32.0 Å². The number of ether oxygens (including phenoxy) is 2. The Morgan fingerprint density at radius 3 is 2.29 bits per heavy atom. The van der Waals surface area contributed by atoms with Crippen LogP contribution in [0.3, 0.4) is 0 Å². The van der Waals surface area contributed by atoms with Crippen molar-refractivity contribution in [2.75, 3.05) is 26.3 Å². The summed E-state index contributed by atoms with van der Waals surface area (Å²) in [5.74, 6) is -0.282. The molecule has 0 amide bonds. The minimum atomic E-state index is -0.282. The van der Waals surface area contributed by atoms with E-state index in [2.05, 4.69) is 4.90 Å². The van der Waals surface area contributed by atoms with Crippen LogP contribution in [-0.4, -0.2) is 54.2 Å². The number of hydrogen-bond donors (Lipinski definition) is 1. The lowest BCUT2D eigenvalue weighted by molar-refractivity contribution is -0.191. The van der Waals surface area contributed by atoms with Crippen LogP contribution < -0.4 is 0 Å². The fraction of sp³-hybridized carbons (Fsp3) is 1.00. The second-order valence-corrected chi connectivity index (χ2v) is 5.56. The summed E-state index contributed by atoms with van der Waals surface area (Å²) in [5, 5.41) is 10.1. The van der Waals surface area contributed by atoms with Crippen molar-refractivity contribution < 1.29 is 14.6 Å². The Kier molecular flexibility index (Phi) is 3.39. The predicted molar refractivity (Wildman–Crippen MR) is 63.7 cm³/mol. The third-order valence-electron chi connectivity index (χ3n) is 4.54. The molecule has 1 N–H and O–H groups in total. The number of aliphatic hydroxyl groups excluding tert-OH is 1. The van der Waals surface area contributed by atoms with Crippen LogP contribution in [0.1, 0.15) is 38.5 Å². The summed E-state index contributed by atoms with van der Waals surface area (Å²) in [5.41, 5.74) is 0. The average Bonchev–Trinajstić information content (AvgIpc) is 2.80. The molecule has 0 bridgehead atoms. The fourth-order valence-corrected chi connectivity index (χ4v) is 3.50. The lowest BCUT2D eigenvalue weighted by Gasteiger charge is -2.44. The zero-order valence-corrected chi connectivity index (χ0v) is 10.4. The Hall–Kier alpha value is -0.160. The van der Waals surface area contributed by atoms with Crippen molar-refractivity contribution >= 4 is 0 Å². The van der Waals surface area contributed by atoms with E-state index >= 15 is 0 Å². The molecule has 1 spiro atoms. The highest BCUT2D eigenvalue weighted by molar-refractivity contribution is 4.89. The molecule has 3 aliphatic rings. The van der Waals surface area contributed by atoms with Gasteiger partial charge in [-0.3, -0.25) is 4.90 Å². The van der Waals surface area contributed by atoms with Crippen LogP contribution in [0.4, 0.5) is 0 Å². The summed E-state index contributed by atoms with van der Waals surface area (Å²) < 4.78 is 11.5. The normalized spacial score (nSPS) is 38.6. The van der Waals surface area contributed by atoms with Gasteiger partial charge in [0.2, 0.25) is 0 Å². The van der Waals surface area contributed by atoms with Crippen molar-refractivity contribution in [2.24, 2.45) is 0 Å². The fourth-order valence-electron chi connectivity index (χ4n) is 3.50. The molecule has 0 aromatic heterocycles. The van der Waals surface area contributed by atoms with E-state index in [9.17, 15) is 5.11 Å². The molecule has 2 saturated heterocycles. The number of nitrogens with zero attached hydrogens (tertiary/aromatic N) is 1. The summed E-state index contributed by atoms with van der Waals surface area (Å²) in [7, 11) is 0. The largest absolute Gasteiger partial charge is 0.391 e. The molecule has 2 atom stereocenters. The lowest BCUT2D eigenvalue weighted by Crippen LogP contribution is -2.53. The van der Waals surface area contributed by atoms with Gasteiger partial charge in [0.05, 0.1) is 19.3 Å². The second-order valence-electron chi connectivity index (χ2n) is 5.56. The average molecular weight is 241 g/mol. The smallest absolute Gasteiger partial charge is 0.170 e. The van der Waals surface area contributed by atoms with E-state index in [1.807, 2.05) is 0 Å². The van der Waals surface area contributed by atoms with Crippen LogP contribution in [0.15, 0.2) is 0 Å². The van der Waals surface area contributed by atoms with Gasteiger partial charge >= 0.3 is 0 Å². The zero-order valence-electron chi connectivity index (χ0n) is 10.4. The zero-order chi connectivity index (χ0) is 11.7. The molecule has 0 aromatic carbocycles. The molecule has 0 radical (unpaired) electrons. The van der Waals surface area contributed by atoms with Crippen molar-refractivity contribution in [3.63, 3.8) is 0 Å². The van der Waals surface area contributed by atoms with Gasteiger partial charge in [-0.15, -0.1) is 0 Å². The van der Waals surface area contributed by atoms with Crippen LogP contribution in [0, 0.1) is 0 Å². The van der Waals surface area contributed by atoms with E-state index < -0.39 is 0 Å². The van der Waals surface area contributed by atoms with Crippen LogP contribution >= 0.6 is 0 Å². The van der Waals surface area contributed by atoms with Crippen LogP contribution in [0.25, 0.3) is 0 Å². The molecule has 98 valence electrons. The topological polar surface area (TPSA) is 41.9 Å². The van der Waals surface area contributed by atoms with Gasteiger partial charge in [-0.1, -0.05) is 12.8 Å². The van der Waals surface area contributed by atoms with Crippen LogP contribution in [-0.2, 0) is 9.47 Å². The molecule has 3 rings (SSSR count). The molecule has 17 heavy (non-hydrogen) atoms. The summed E-state index contributed by atoms with van der Waals surface area (Å²) in [6.07, 6.45) is 6.35. The lowest BCUT2D eigenvalue weighted by atomic mass is 9.89. The van der Waals surface area contributed by atoms with Gasteiger partial charge in [0.25, 0.3) is 0 Å². The summed E-state index contributed by atoms with van der Waals surface area (Å²) >= 11 is 0. The quantitative estimate of drug-likeness (QED) is 0.747. The third-order valence-corrected chi connectivity index (χ3v) is 4.54. The maximum atomic E-state index is 10.1. The molecular weight excluding hydrogens is 218 g/mol. The van der Waals surface area contributed by atoms with Crippen molar-refractivity contribution in [3.8, 4) is 0 Å². The second kappa shape index (κ2) is 4.84. The number of rotatable bonds is 1. The van der Waals surface area contributed by atoms with E-state index in [1.165, 1.54) is 12.8 Å². The van der Waals surface area contributed by atoms with Gasteiger partial charge < -0.3 is 14.6 Å². The molecule has 2 aliphatic heterocycles. The molecule has 4 nitrogen and oxygen atoms in total.